The maximum atomic E-state index is 12.3. The van der Waals surface area contributed by atoms with Crippen LogP contribution < -0.4 is 21.3 Å². The number of anilines is 3. The molecule has 0 amide bonds. The molecule has 11 heteroatoms. The first-order valence-corrected chi connectivity index (χ1v) is 10.6. The van der Waals surface area contributed by atoms with E-state index in [1.165, 1.54) is 6.20 Å². The van der Waals surface area contributed by atoms with Gasteiger partial charge in [-0.25, -0.2) is 9.78 Å². The van der Waals surface area contributed by atoms with E-state index in [0.29, 0.717) is 36.4 Å². The number of aromatic nitrogens is 2. The van der Waals surface area contributed by atoms with Crippen LogP contribution in [0, 0.1) is 6.92 Å². The van der Waals surface area contributed by atoms with Crippen molar-refractivity contribution in [3.63, 3.8) is 0 Å². The van der Waals surface area contributed by atoms with Crippen molar-refractivity contribution in [3.8, 4) is 0 Å². The number of thiocarbonyl (C=S) groups is 1. The van der Waals surface area contributed by atoms with Gasteiger partial charge >= 0.3 is 11.9 Å². The molecule has 0 spiro atoms. The average Bonchev–Trinajstić information content (AvgIpc) is 2.75. The minimum atomic E-state index is -0.886. The highest BCUT2D eigenvalue weighted by Gasteiger charge is 2.16. The van der Waals surface area contributed by atoms with Gasteiger partial charge in [0.1, 0.15) is 11.4 Å². The van der Waals surface area contributed by atoms with Crippen LogP contribution in [0.3, 0.4) is 0 Å². The lowest BCUT2D eigenvalue weighted by molar-refractivity contribution is -0.136. The first kappa shape index (κ1) is 24.8. The maximum Gasteiger partial charge on any atom is 0.343 e. The van der Waals surface area contributed by atoms with E-state index in [2.05, 4.69) is 31.2 Å². The number of hydrogen-bond donors (Lipinski definition) is 5. The molecule has 0 unspecified atom stereocenters. The van der Waals surface area contributed by atoms with Gasteiger partial charge in [-0.05, 0) is 44.6 Å². The Labute approximate surface area is 192 Å². The second kappa shape index (κ2) is 13.1. The Hall–Kier alpha value is -3.47. The Morgan fingerprint density at radius 3 is 2.53 bits per heavy atom. The zero-order valence-electron chi connectivity index (χ0n) is 18.1. The number of carbonyl (C=O) groups is 2. The SMILES string of the molecule is CCOC(=O)c1cnc(Nc2ccc(C)cc2)nc1NCCCNC(=S)NCCC(=O)O. The summed E-state index contributed by atoms with van der Waals surface area (Å²) in [4.78, 5) is 31.4. The van der Waals surface area contributed by atoms with E-state index in [0.717, 1.165) is 11.3 Å². The summed E-state index contributed by atoms with van der Waals surface area (Å²) in [7, 11) is 0. The largest absolute Gasteiger partial charge is 0.481 e. The van der Waals surface area contributed by atoms with Gasteiger partial charge in [-0.1, -0.05) is 17.7 Å². The van der Waals surface area contributed by atoms with Gasteiger partial charge < -0.3 is 31.1 Å². The van der Waals surface area contributed by atoms with E-state index in [1.54, 1.807) is 6.92 Å². The van der Waals surface area contributed by atoms with E-state index in [9.17, 15) is 9.59 Å². The minimum absolute atomic E-state index is 0.00726. The molecule has 172 valence electrons. The second-order valence-corrected chi connectivity index (χ2v) is 7.18. The van der Waals surface area contributed by atoms with E-state index < -0.39 is 11.9 Å². The van der Waals surface area contributed by atoms with Crippen LogP contribution in [0.4, 0.5) is 17.5 Å². The average molecular weight is 461 g/mol. The van der Waals surface area contributed by atoms with Gasteiger partial charge in [-0.2, -0.15) is 4.98 Å². The standard InChI is InChI=1S/C21H28N6O4S/c1-3-31-19(30)16-13-25-20(26-15-7-5-14(2)6-8-15)27-18(16)22-10-4-11-23-21(32)24-12-9-17(28)29/h5-8,13H,3-4,9-12H2,1-2H3,(H,28,29)(H2,23,24,32)(H2,22,25,26,27). The number of rotatable bonds is 12. The van der Waals surface area contributed by atoms with Gasteiger partial charge in [0.2, 0.25) is 5.95 Å². The number of esters is 1. The molecule has 5 N–H and O–H groups in total. The monoisotopic (exact) mass is 460 g/mol. The van der Waals surface area contributed by atoms with Crippen LogP contribution in [0.2, 0.25) is 0 Å². The fraction of sp³-hybridized carbons (Fsp3) is 0.381. The molecule has 1 aromatic heterocycles. The molecule has 2 aromatic rings. The molecule has 0 saturated carbocycles. The molecule has 2 rings (SSSR count). The molecule has 0 bridgehead atoms. The van der Waals surface area contributed by atoms with Crippen LogP contribution in [-0.4, -0.2) is 58.4 Å². The summed E-state index contributed by atoms with van der Waals surface area (Å²) in [6.45, 7) is 5.32. The van der Waals surface area contributed by atoms with Crippen LogP contribution in [0.5, 0.6) is 0 Å². The third kappa shape index (κ3) is 8.72. The fourth-order valence-electron chi connectivity index (χ4n) is 2.54. The summed E-state index contributed by atoms with van der Waals surface area (Å²) in [6.07, 6.45) is 2.10. The predicted molar refractivity (Wildman–Crippen MR) is 126 cm³/mol. The van der Waals surface area contributed by atoms with Crippen LogP contribution >= 0.6 is 12.2 Å². The number of carboxylic acids is 1. The van der Waals surface area contributed by atoms with E-state index >= 15 is 0 Å². The molecule has 10 nitrogen and oxygen atoms in total. The smallest absolute Gasteiger partial charge is 0.343 e. The van der Waals surface area contributed by atoms with Crippen LogP contribution in [-0.2, 0) is 9.53 Å². The molecule has 0 atom stereocenters. The van der Waals surface area contributed by atoms with Gasteiger partial charge in [0.05, 0.1) is 13.0 Å². The third-order valence-corrected chi connectivity index (χ3v) is 4.44. The van der Waals surface area contributed by atoms with Crippen LogP contribution in [0.25, 0.3) is 0 Å². The molecule has 1 heterocycles. The number of carboxylic acid groups (broad SMARTS) is 1. The number of nitrogens with zero attached hydrogens (tertiary/aromatic N) is 2. The summed E-state index contributed by atoms with van der Waals surface area (Å²) >= 11 is 5.09. The lowest BCUT2D eigenvalue weighted by Gasteiger charge is -2.13. The molecule has 1 aromatic carbocycles. The summed E-state index contributed by atoms with van der Waals surface area (Å²) in [5.74, 6) is -0.664. The van der Waals surface area contributed by atoms with E-state index in [1.807, 2.05) is 31.2 Å². The number of nitrogens with one attached hydrogen (secondary N) is 4. The maximum absolute atomic E-state index is 12.3. The molecule has 0 aliphatic heterocycles. The lowest BCUT2D eigenvalue weighted by Crippen LogP contribution is -2.37. The van der Waals surface area contributed by atoms with Gasteiger partial charge in [-0.15, -0.1) is 0 Å². The fourth-order valence-corrected chi connectivity index (χ4v) is 2.75. The first-order chi connectivity index (χ1) is 15.4. The number of ether oxygens (including phenoxy) is 1. The molecule has 0 aliphatic carbocycles. The van der Waals surface area contributed by atoms with E-state index in [-0.39, 0.29) is 25.1 Å². The molecule has 0 aliphatic rings. The normalized spacial score (nSPS) is 10.2. The van der Waals surface area contributed by atoms with Gasteiger partial charge in [-0.3, -0.25) is 4.79 Å². The molecule has 0 radical (unpaired) electrons. The minimum Gasteiger partial charge on any atom is -0.481 e. The molecular weight excluding hydrogens is 432 g/mol. The number of hydrogen-bond acceptors (Lipinski definition) is 8. The summed E-state index contributed by atoms with van der Waals surface area (Å²) in [5, 5.41) is 21.1. The molecule has 32 heavy (non-hydrogen) atoms. The van der Waals surface area contributed by atoms with Crippen molar-refractivity contribution >= 4 is 46.7 Å². The van der Waals surface area contributed by atoms with Crippen LogP contribution in [0.15, 0.2) is 30.5 Å². The van der Waals surface area contributed by atoms with Crippen molar-refractivity contribution in [1.82, 2.24) is 20.6 Å². The summed E-state index contributed by atoms with van der Waals surface area (Å²) in [6, 6.07) is 7.79. The zero-order chi connectivity index (χ0) is 23.3. The Morgan fingerprint density at radius 2 is 1.84 bits per heavy atom. The summed E-state index contributed by atoms with van der Waals surface area (Å²) < 4.78 is 5.09. The molecular formula is C21H28N6O4S. The number of carbonyl (C=O) groups excluding carboxylic acids is 1. The summed E-state index contributed by atoms with van der Waals surface area (Å²) in [5.41, 5.74) is 2.22. The highest BCUT2D eigenvalue weighted by molar-refractivity contribution is 7.80. The highest BCUT2D eigenvalue weighted by atomic mass is 32.1. The second-order valence-electron chi connectivity index (χ2n) is 6.77. The van der Waals surface area contributed by atoms with E-state index in [4.69, 9.17) is 22.1 Å². The quantitative estimate of drug-likeness (QED) is 0.181. The van der Waals surface area contributed by atoms with Crippen molar-refractivity contribution in [3.05, 3.63) is 41.6 Å². The van der Waals surface area contributed by atoms with Gasteiger partial charge in [0.25, 0.3) is 0 Å². The first-order valence-electron chi connectivity index (χ1n) is 10.2. The highest BCUT2D eigenvalue weighted by Crippen LogP contribution is 2.19. The van der Waals surface area contributed by atoms with Crippen molar-refractivity contribution in [1.29, 1.82) is 0 Å². The van der Waals surface area contributed by atoms with Gasteiger partial charge in [0.15, 0.2) is 5.11 Å². The van der Waals surface area contributed by atoms with Crippen LogP contribution in [0.1, 0.15) is 35.7 Å². The number of benzene rings is 1. The topological polar surface area (TPSA) is 138 Å². The zero-order valence-corrected chi connectivity index (χ0v) is 18.9. The Bertz CT molecular complexity index is 923. The Morgan fingerprint density at radius 1 is 1.12 bits per heavy atom. The van der Waals surface area contributed by atoms with Crippen molar-refractivity contribution < 1.29 is 19.4 Å². The van der Waals surface area contributed by atoms with Gasteiger partial charge in [0, 0.05) is 31.5 Å². The number of aryl methyl sites for hydroxylation is 1. The Balaban J connectivity index is 1.93. The third-order valence-electron chi connectivity index (χ3n) is 4.15. The molecule has 0 fully saturated rings. The van der Waals surface area contributed by atoms with Crippen molar-refractivity contribution in [2.75, 3.05) is 36.9 Å². The van der Waals surface area contributed by atoms with Crippen molar-refractivity contribution in [2.45, 2.75) is 26.7 Å². The van der Waals surface area contributed by atoms with Crippen molar-refractivity contribution in [2.24, 2.45) is 0 Å². The Kier molecular flexibility index (Phi) is 10.1. The molecule has 0 saturated heterocycles. The lowest BCUT2D eigenvalue weighted by atomic mass is 10.2. The number of aliphatic carboxylic acids is 1. The predicted octanol–water partition coefficient (Wildman–Crippen LogP) is 2.45.